The predicted octanol–water partition coefficient (Wildman–Crippen LogP) is 3.59. The van der Waals surface area contributed by atoms with E-state index >= 15 is 0 Å². The van der Waals surface area contributed by atoms with Gasteiger partial charge in [-0.25, -0.2) is 9.59 Å². The molecule has 0 spiro atoms. The van der Waals surface area contributed by atoms with E-state index in [2.05, 4.69) is 26.1 Å². The number of likely N-dealkylation sites (tertiary alicyclic amines) is 1. The van der Waals surface area contributed by atoms with Crippen molar-refractivity contribution in [1.29, 1.82) is 0 Å². The summed E-state index contributed by atoms with van der Waals surface area (Å²) in [5.41, 5.74) is 0.947. The Hall–Kier alpha value is -2.26. The highest BCUT2D eigenvalue weighted by Gasteiger charge is 2.68. The number of rotatable bonds is 6. The minimum absolute atomic E-state index is 0.0229. The Labute approximate surface area is 206 Å². The molecule has 0 aromatic heterocycles. The molecule has 9 heteroatoms. The number of fused-ring (bicyclic) bond motifs is 1. The summed E-state index contributed by atoms with van der Waals surface area (Å²) in [4.78, 5) is 25.9. The first-order chi connectivity index (χ1) is 16.7. The Bertz CT molecular complexity index is 1010. The lowest BCUT2D eigenvalue weighted by molar-refractivity contribution is -0.199. The molecule has 4 aliphatic carbocycles. The zero-order chi connectivity index (χ0) is 24.5. The van der Waals surface area contributed by atoms with Crippen molar-refractivity contribution in [2.24, 2.45) is 29.1 Å². The number of carboxylic acid groups (broad SMARTS) is 1. The molecule has 8 nitrogen and oxygen atoms in total. The second kappa shape index (κ2) is 8.13. The molecule has 2 aliphatic heterocycles. The fraction of sp³-hybridized carbons (Fsp3) is 0.692. The number of hydrogen-bond acceptors (Lipinski definition) is 5. The number of piperidine rings is 1. The highest BCUT2D eigenvalue weighted by atomic mass is 16.7. The standard InChI is InChI=1S/C26H35BN2O6/c1-25(2)17-11-20(25)26(3)21(12-17)34-27(35-26)22(9-15-7-5-4-6-8-15)28-23(30)33-14-19-18-10-16(18)13-29(19)24(31)32/h4-8,16-22H,9-14H2,1-3H3,(H,28,30)(H,31,32)/t16-,17+,18-,19+,20+,21-,22?,26+/m1/s1. The summed E-state index contributed by atoms with van der Waals surface area (Å²) in [6.07, 6.45) is 2.23. The van der Waals surface area contributed by atoms with Crippen molar-refractivity contribution in [2.45, 2.75) is 70.1 Å². The van der Waals surface area contributed by atoms with Crippen molar-refractivity contribution in [1.82, 2.24) is 10.2 Å². The van der Waals surface area contributed by atoms with E-state index in [1.807, 2.05) is 30.3 Å². The molecule has 2 saturated heterocycles. The molecular formula is C26H35BN2O6. The van der Waals surface area contributed by atoms with Crippen LogP contribution in [0.5, 0.6) is 0 Å². The molecule has 6 fully saturated rings. The van der Waals surface area contributed by atoms with Crippen LogP contribution in [0.1, 0.15) is 45.6 Å². The monoisotopic (exact) mass is 482 g/mol. The third-order valence-electron chi connectivity index (χ3n) is 9.83. The third-order valence-corrected chi connectivity index (χ3v) is 9.83. The van der Waals surface area contributed by atoms with Crippen molar-refractivity contribution < 1.29 is 28.7 Å². The van der Waals surface area contributed by atoms with E-state index < -0.39 is 25.2 Å². The zero-order valence-corrected chi connectivity index (χ0v) is 20.7. The van der Waals surface area contributed by atoms with Gasteiger partial charge in [0, 0.05) is 6.54 Å². The molecule has 1 unspecified atom stereocenters. The number of ether oxygens (including phenoxy) is 1. The lowest BCUT2D eigenvalue weighted by Gasteiger charge is -2.64. The van der Waals surface area contributed by atoms with E-state index in [0.717, 1.165) is 18.4 Å². The number of hydrogen-bond donors (Lipinski definition) is 2. The summed E-state index contributed by atoms with van der Waals surface area (Å²) < 4.78 is 18.7. The number of amides is 2. The molecule has 0 radical (unpaired) electrons. The topological polar surface area (TPSA) is 97.3 Å². The summed E-state index contributed by atoms with van der Waals surface area (Å²) in [6.45, 7) is 7.43. The Morgan fingerprint density at radius 3 is 2.71 bits per heavy atom. The quantitative estimate of drug-likeness (QED) is 0.602. The van der Waals surface area contributed by atoms with Crippen molar-refractivity contribution in [3.8, 4) is 0 Å². The Balaban J connectivity index is 1.14. The molecule has 7 rings (SSSR count). The second-order valence-corrected chi connectivity index (χ2v) is 12.0. The maximum absolute atomic E-state index is 12.9. The molecule has 1 aromatic rings. The Morgan fingerprint density at radius 1 is 1.23 bits per heavy atom. The van der Waals surface area contributed by atoms with Crippen molar-refractivity contribution in [3.05, 3.63) is 35.9 Å². The SMILES string of the molecule is CC1(C)[C@@H]2C[C@H]3OB(C(Cc4ccccc4)NC(=O)OC[C@H]4[C@@H]5C[C@@H]5CN4C(=O)O)O[C@@]3(C)[C@H]1C2. The number of alkyl carbamates (subject to hydrolysis) is 1. The van der Waals surface area contributed by atoms with Crippen LogP contribution >= 0.6 is 0 Å². The first kappa shape index (κ1) is 23.2. The molecule has 6 aliphatic rings. The van der Waals surface area contributed by atoms with Crippen LogP contribution in [0.15, 0.2) is 30.3 Å². The lowest BCUT2D eigenvalue weighted by atomic mass is 9.43. The number of nitrogens with zero attached hydrogens (tertiary/aromatic N) is 1. The van der Waals surface area contributed by atoms with Crippen LogP contribution in [0, 0.1) is 29.1 Å². The highest BCUT2D eigenvalue weighted by Crippen LogP contribution is 2.65. The molecule has 35 heavy (non-hydrogen) atoms. The maximum Gasteiger partial charge on any atom is 0.482 e. The fourth-order valence-corrected chi connectivity index (χ4v) is 7.51. The van der Waals surface area contributed by atoms with Gasteiger partial charge in [0.15, 0.2) is 0 Å². The van der Waals surface area contributed by atoms with Crippen LogP contribution in [-0.2, 0) is 20.5 Å². The van der Waals surface area contributed by atoms with E-state index in [9.17, 15) is 14.7 Å². The molecule has 2 amide bonds. The molecule has 2 bridgehead atoms. The van der Waals surface area contributed by atoms with E-state index in [0.29, 0.717) is 36.6 Å². The van der Waals surface area contributed by atoms with E-state index in [1.165, 1.54) is 11.3 Å². The van der Waals surface area contributed by atoms with Gasteiger partial charge in [-0.05, 0) is 67.3 Å². The summed E-state index contributed by atoms with van der Waals surface area (Å²) in [6, 6.07) is 9.72. The first-order valence-electron chi connectivity index (χ1n) is 13.0. The van der Waals surface area contributed by atoms with E-state index in [-0.39, 0.29) is 29.8 Å². The third kappa shape index (κ3) is 3.82. The van der Waals surface area contributed by atoms with E-state index in [1.54, 1.807) is 0 Å². The highest BCUT2D eigenvalue weighted by molar-refractivity contribution is 6.47. The van der Waals surface area contributed by atoms with Gasteiger partial charge in [-0.15, -0.1) is 0 Å². The van der Waals surface area contributed by atoms with Crippen LogP contribution in [0.2, 0.25) is 0 Å². The molecule has 4 saturated carbocycles. The minimum Gasteiger partial charge on any atom is -0.465 e. The van der Waals surface area contributed by atoms with Gasteiger partial charge in [0.05, 0.1) is 23.7 Å². The van der Waals surface area contributed by atoms with Crippen LogP contribution in [0.25, 0.3) is 0 Å². The maximum atomic E-state index is 12.9. The molecule has 1 aromatic carbocycles. The van der Waals surface area contributed by atoms with Crippen LogP contribution in [0.3, 0.4) is 0 Å². The summed E-state index contributed by atoms with van der Waals surface area (Å²) in [7, 11) is -0.567. The number of benzene rings is 1. The summed E-state index contributed by atoms with van der Waals surface area (Å²) >= 11 is 0. The first-order valence-corrected chi connectivity index (χ1v) is 13.0. The van der Waals surface area contributed by atoms with Crippen LogP contribution in [-0.4, -0.2) is 66.2 Å². The van der Waals surface area contributed by atoms with Gasteiger partial charge in [0.25, 0.3) is 0 Å². The van der Waals surface area contributed by atoms with Gasteiger partial charge in [-0.3, -0.25) is 0 Å². The van der Waals surface area contributed by atoms with Crippen molar-refractivity contribution in [2.75, 3.05) is 13.2 Å². The van der Waals surface area contributed by atoms with Crippen LogP contribution in [0.4, 0.5) is 9.59 Å². The predicted molar refractivity (Wildman–Crippen MR) is 129 cm³/mol. The molecule has 2 N–H and O–H groups in total. The Kier molecular flexibility index (Phi) is 5.38. The number of nitrogens with one attached hydrogen (secondary N) is 1. The van der Waals surface area contributed by atoms with Crippen LogP contribution < -0.4 is 5.32 Å². The average Bonchev–Trinajstić information content (AvgIpc) is 3.34. The zero-order valence-electron chi connectivity index (χ0n) is 20.7. The molecular weight excluding hydrogens is 447 g/mol. The van der Waals surface area contributed by atoms with Gasteiger partial charge >= 0.3 is 19.3 Å². The largest absolute Gasteiger partial charge is 0.482 e. The van der Waals surface area contributed by atoms with Gasteiger partial charge in [-0.1, -0.05) is 44.2 Å². The van der Waals surface area contributed by atoms with Crippen molar-refractivity contribution >= 4 is 19.3 Å². The average molecular weight is 482 g/mol. The second-order valence-electron chi connectivity index (χ2n) is 12.0. The Morgan fingerprint density at radius 2 is 2.00 bits per heavy atom. The van der Waals surface area contributed by atoms with Gasteiger partial charge in [0.1, 0.15) is 6.61 Å². The number of carbonyl (C=O) groups is 2. The molecule has 8 atom stereocenters. The summed E-state index contributed by atoms with van der Waals surface area (Å²) in [5, 5.41) is 12.5. The van der Waals surface area contributed by atoms with Gasteiger partial charge in [0.2, 0.25) is 0 Å². The molecule has 2 heterocycles. The molecule has 188 valence electrons. The van der Waals surface area contributed by atoms with E-state index in [4.69, 9.17) is 14.0 Å². The fourth-order valence-electron chi connectivity index (χ4n) is 7.51. The number of carbonyl (C=O) groups excluding carboxylic acids is 1. The van der Waals surface area contributed by atoms with Crippen molar-refractivity contribution in [3.63, 3.8) is 0 Å². The van der Waals surface area contributed by atoms with Gasteiger partial charge in [-0.2, -0.15) is 0 Å². The smallest absolute Gasteiger partial charge is 0.465 e. The normalized spacial score (nSPS) is 38.7. The minimum atomic E-state index is -0.946. The lowest BCUT2D eigenvalue weighted by Crippen LogP contribution is -2.65. The van der Waals surface area contributed by atoms with Gasteiger partial charge < -0.3 is 29.4 Å². The summed E-state index contributed by atoms with van der Waals surface area (Å²) in [5.74, 6) is 1.38.